The molecule has 0 saturated carbocycles. The van der Waals surface area contributed by atoms with Crippen LogP contribution in [0.25, 0.3) is 5.69 Å². The summed E-state index contributed by atoms with van der Waals surface area (Å²) in [6.07, 6.45) is 2.70. The lowest BCUT2D eigenvalue weighted by molar-refractivity contribution is -0.113. The van der Waals surface area contributed by atoms with Crippen LogP contribution in [0.4, 0.5) is 5.00 Å². The Balaban J connectivity index is 1.35. The number of nitrogens with one attached hydrogen (secondary N) is 2. The van der Waals surface area contributed by atoms with Crippen LogP contribution < -0.4 is 15.4 Å². The number of carbonyl (C=O) groups is 3. The smallest absolute Gasteiger partial charge is 0.341 e. The molecule has 0 atom stereocenters. The highest BCUT2D eigenvalue weighted by Gasteiger charge is 2.28. The fourth-order valence-electron chi connectivity index (χ4n) is 4.96. The highest BCUT2D eigenvalue weighted by molar-refractivity contribution is 7.99. The molecule has 224 valence electrons. The molecule has 0 spiro atoms. The number of methoxy groups -OCH3 is 1. The molecular formula is C31H33N5O5S2. The fourth-order valence-corrected chi connectivity index (χ4v) is 7.02. The summed E-state index contributed by atoms with van der Waals surface area (Å²) in [7, 11) is 1.55. The van der Waals surface area contributed by atoms with Crippen molar-refractivity contribution in [2.45, 2.75) is 51.7 Å². The van der Waals surface area contributed by atoms with E-state index in [1.807, 2.05) is 36.6 Å². The van der Waals surface area contributed by atoms with Crippen LogP contribution in [0.2, 0.25) is 0 Å². The second kappa shape index (κ2) is 13.4. The Morgan fingerprint density at radius 3 is 2.70 bits per heavy atom. The minimum Gasteiger partial charge on any atom is -0.497 e. The summed E-state index contributed by atoms with van der Waals surface area (Å²) in [4.78, 5) is 39.9. The van der Waals surface area contributed by atoms with Gasteiger partial charge >= 0.3 is 5.97 Å². The average Bonchev–Trinajstić information content (AvgIpc) is 3.71. The normalized spacial score (nSPS) is 12.1. The summed E-state index contributed by atoms with van der Waals surface area (Å²) >= 11 is 2.68. The van der Waals surface area contributed by atoms with Crippen molar-refractivity contribution in [2.24, 2.45) is 0 Å². The van der Waals surface area contributed by atoms with E-state index in [-0.39, 0.29) is 30.7 Å². The molecule has 10 nitrogen and oxygen atoms in total. The first-order valence-corrected chi connectivity index (χ1v) is 15.8. The number of hydrogen-bond donors (Lipinski definition) is 2. The van der Waals surface area contributed by atoms with E-state index in [9.17, 15) is 14.4 Å². The zero-order valence-corrected chi connectivity index (χ0v) is 26.1. The van der Waals surface area contributed by atoms with E-state index < -0.39 is 5.97 Å². The van der Waals surface area contributed by atoms with Gasteiger partial charge in [0.1, 0.15) is 10.8 Å². The van der Waals surface area contributed by atoms with E-state index in [1.165, 1.54) is 23.1 Å². The SMILES string of the molecule is CCOC(=O)c1c(NC(=O)CSc2nnc(CNC(=O)c3cccc(OC)c3)n2-c2cccc(C)c2C)sc2c1CCC2. The van der Waals surface area contributed by atoms with Crippen molar-refractivity contribution in [1.29, 1.82) is 0 Å². The van der Waals surface area contributed by atoms with Crippen LogP contribution in [0.1, 0.15) is 61.5 Å². The Morgan fingerprint density at radius 1 is 1.09 bits per heavy atom. The first-order chi connectivity index (χ1) is 20.8. The van der Waals surface area contributed by atoms with E-state index in [2.05, 4.69) is 20.8 Å². The number of nitrogens with zero attached hydrogens (tertiary/aromatic N) is 3. The van der Waals surface area contributed by atoms with Gasteiger partial charge in [0.15, 0.2) is 11.0 Å². The van der Waals surface area contributed by atoms with Crippen LogP contribution in [0, 0.1) is 13.8 Å². The van der Waals surface area contributed by atoms with Crippen LogP contribution in [0.15, 0.2) is 47.6 Å². The van der Waals surface area contributed by atoms with E-state index in [0.717, 1.165) is 46.5 Å². The highest BCUT2D eigenvalue weighted by atomic mass is 32.2. The van der Waals surface area contributed by atoms with Gasteiger partial charge in [0, 0.05) is 10.4 Å². The molecule has 2 amide bonds. The van der Waals surface area contributed by atoms with Crippen molar-refractivity contribution in [3.05, 3.63) is 81.0 Å². The number of anilines is 1. The lowest BCUT2D eigenvalue weighted by atomic mass is 10.1. The molecule has 2 heterocycles. The van der Waals surface area contributed by atoms with E-state index in [4.69, 9.17) is 9.47 Å². The third-order valence-electron chi connectivity index (χ3n) is 7.24. The highest BCUT2D eigenvalue weighted by Crippen LogP contribution is 2.39. The van der Waals surface area contributed by atoms with Crippen LogP contribution in [-0.2, 0) is 28.9 Å². The number of rotatable bonds is 11. The van der Waals surface area contributed by atoms with Crippen molar-refractivity contribution < 1.29 is 23.9 Å². The number of amides is 2. The average molecular weight is 620 g/mol. The largest absolute Gasteiger partial charge is 0.497 e. The van der Waals surface area contributed by atoms with E-state index in [0.29, 0.717) is 32.9 Å². The standard InChI is InChI=1S/C31H33N5O5S2/c1-5-41-30(39)27-22-12-8-14-24(22)43-29(27)33-26(37)17-42-31-35-34-25(36(31)23-13-6-9-18(2)19(23)3)16-32-28(38)20-10-7-11-21(15-20)40-4/h6-7,9-11,13,15H,5,8,12,14,16-17H2,1-4H3,(H,32,38)(H,33,37). The molecule has 1 aliphatic carbocycles. The summed E-state index contributed by atoms with van der Waals surface area (Å²) in [5.74, 6) is 0.211. The van der Waals surface area contributed by atoms with Crippen LogP contribution in [-0.4, -0.2) is 52.0 Å². The number of aryl methyl sites for hydroxylation is 2. The maximum atomic E-state index is 13.1. The molecule has 0 unspecified atom stereocenters. The molecule has 0 bridgehead atoms. The third-order valence-corrected chi connectivity index (χ3v) is 9.38. The summed E-state index contributed by atoms with van der Waals surface area (Å²) in [5, 5.41) is 15.7. The molecule has 2 N–H and O–H groups in total. The molecule has 2 aromatic carbocycles. The number of esters is 1. The van der Waals surface area contributed by atoms with E-state index >= 15 is 0 Å². The van der Waals surface area contributed by atoms with E-state index in [1.54, 1.807) is 38.3 Å². The number of thiophene rings is 1. The summed E-state index contributed by atoms with van der Waals surface area (Å²) in [6.45, 7) is 6.18. The lowest BCUT2D eigenvalue weighted by Crippen LogP contribution is -2.25. The molecule has 43 heavy (non-hydrogen) atoms. The monoisotopic (exact) mass is 619 g/mol. The second-order valence-corrected chi connectivity index (χ2v) is 12.0. The summed E-state index contributed by atoms with van der Waals surface area (Å²) in [5.41, 5.74) is 4.90. The number of benzene rings is 2. The lowest BCUT2D eigenvalue weighted by Gasteiger charge is -2.15. The Kier molecular flexibility index (Phi) is 9.46. The van der Waals surface area contributed by atoms with Gasteiger partial charge in [0.25, 0.3) is 5.91 Å². The van der Waals surface area contributed by atoms with Crippen molar-refractivity contribution in [3.8, 4) is 11.4 Å². The topological polar surface area (TPSA) is 124 Å². The minimum absolute atomic E-state index is 0.0456. The molecule has 2 aromatic heterocycles. The van der Waals surface area contributed by atoms with Crippen molar-refractivity contribution in [2.75, 3.05) is 24.8 Å². The molecule has 5 rings (SSSR count). The first kappa shape index (κ1) is 30.3. The number of fused-ring (bicyclic) bond motifs is 1. The number of aromatic nitrogens is 3. The minimum atomic E-state index is -0.403. The van der Waals surface area contributed by atoms with Gasteiger partial charge in [0.2, 0.25) is 5.91 Å². The van der Waals surface area contributed by atoms with Gasteiger partial charge < -0.3 is 20.1 Å². The number of ether oxygens (including phenoxy) is 2. The number of hydrogen-bond acceptors (Lipinski definition) is 9. The zero-order valence-electron chi connectivity index (χ0n) is 24.5. The first-order valence-electron chi connectivity index (χ1n) is 14.0. The molecule has 1 aliphatic rings. The number of thioether (sulfide) groups is 1. The van der Waals surface area contributed by atoms with Gasteiger partial charge in [-0.15, -0.1) is 21.5 Å². The predicted molar refractivity (Wildman–Crippen MR) is 167 cm³/mol. The maximum absolute atomic E-state index is 13.1. The van der Waals surface area contributed by atoms with Gasteiger partial charge in [-0.2, -0.15) is 0 Å². The molecule has 0 aliphatic heterocycles. The zero-order chi connectivity index (χ0) is 30.5. The fraction of sp³-hybridized carbons (Fsp3) is 0.323. The molecule has 12 heteroatoms. The van der Waals surface area contributed by atoms with Crippen LogP contribution in [0.3, 0.4) is 0 Å². The Morgan fingerprint density at radius 2 is 1.91 bits per heavy atom. The van der Waals surface area contributed by atoms with Crippen LogP contribution in [0.5, 0.6) is 5.75 Å². The number of carbonyl (C=O) groups excluding carboxylic acids is 3. The molecule has 0 radical (unpaired) electrons. The van der Waals surface area contributed by atoms with Crippen molar-refractivity contribution in [3.63, 3.8) is 0 Å². The molecule has 0 fully saturated rings. The van der Waals surface area contributed by atoms with Crippen molar-refractivity contribution >= 4 is 45.9 Å². The molecular weight excluding hydrogens is 587 g/mol. The van der Waals surface area contributed by atoms with Gasteiger partial charge in [-0.25, -0.2) is 4.79 Å². The van der Waals surface area contributed by atoms with Gasteiger partial charge in [-0.1, -0.05) is 30.0 Å². The Labute approximate surface area is 258 Å². The van der Waals surface area contributed by atoms with Crippen molar-refractivity contribution in [1.82, 2.24) is 20.1 Å². The predicted octanol–water partition coefficient (Wildman–Crippen LogP) is 5.28. The maximum Gasteiger partial charge on any atom is 0.341 e. The second-order valence-electron chi connectivity index (χ2n) is 9.99. The van der Waals surface area contributed by atoms with Gasteiger partial charge in [0.05, 0.1) is 37.3 Å². The van der Waals surface area contributed by atoms with Gasteiger partial charge in [-0.05, 0) is 81.0 Å². The summed E-state index contributed by atoms with van der Waals surface area (Å²) < 4.78 is 12.4. The summed E-state index contributed by atoms with van der Waals surface area (Å²) in [6, 6.07) is 12.8. The Hall–Kier alpha value is -4.16. The third kappa shape index (κ3) is 6.60. The van der Waals surface area contributed by atoms with Crippen LogP contribution >= 0.6 is 23.1 Å². The molecule has 4 aromatic rings. The van der Waals surface area contributed by atoms with Gasteiger partial charge in [-0.3, -0.25) is 14.2 Å². The quantitative estimate of drug-likeness (QED) is 0.172. The molecule has 0 saturated heterocycles. The Bertz CT molecular complexity index is 1680.